The smallest absolute Gasteiger partial charge is 0.0694 e. The normalized spacial score (nSPS) is 45.0. The lowest BCUT2D eigenvalue weighted by Crippen LogP contribution is -2.37. The minimum absolute atomic E-state index is 0.449. The first kappa shape index (κ1) is 4.60. The van der Waals surface area contributed by atoms with E-state index >= 15 is 0 Å². The molecule has 1 aliphatic rings. The largest absolute Gasteiger partial charge is 0.376 e. The lowest BCUT2D eigenvalue weighted by atomic mass is 10.2. The minimum Gasteiger partial charge on any atom is -0.376 e. The van der Waals surface area contributed by atoms with E-state index in [1.807, 2.05) is 0 Å². The lowest BCUT2D eigenvalue weighted by molar-refractivity contribution is -0.0260. The zero-order chi connectivity index (χ0) is 4.57. The fourth-order valence-corrected chi connectivity index (χ4v) is 0.667. The molecular formula is C4H7BrO. The Labute approximate surface area is 45.8 Å². The highest BCUT2D eigenvalue weighted by Crippen LogP contribution is 2.18. The van der Waals surface area contributed by atoms with Crippen LogP contribution in [-0.4, -0.2) is 17.5 Å². The molecule has 36 valence electrons. The van der Waals surface area contributed by atoms with Crippen molar-refractivity contribution in [3.05, 3.63) is 0 Å². The second kappa shape index (κ2) is 1.51. The van der Waals surface area contributed by atoms with E-state index in [0.29, 0.717) is 10.9 Å². The fourth-order valence-electron chi connectivity index (χ4n) is 0.361. The standard InChI is InChI=1S/C4H7BrO/c1-3-4(5)2-6-3/h3-4H,2H2,1H3. The van der Waals surface area contributed by atoms with Crippen LogP contribution in [0.2, 0.25) is 0 Å². The van der Waals surface area contributed by atoms with Crippen LogP contribution >= 0.6 is 15.9 Å². The molecule has 1 heterocycles. The van der Waals surface area contributed by atoms with Crippen LogP contribution in [0.4, 0.5) is 0 Å². The Bertz CT molecular complexity index is 47.5. The van der Waals surface area contributed by atoms with E-state index in [-0.39, 0.29) is 0 Å². The van der Waals surface area contributed by atoms with Crippen LogP contribution in [-0.2, 0) is 4.74 Å². The van der Waals surface area contributed by atoms with Crippen molar-refractivity contribution in [1.29, 1.82) is 0 Å². The van der Waals surface area contributed by atoms with Gasteiger partial charge < -0.3 is 4.74 Å². The van der Waals surface area contributed by atoms with Crippen molar-refractivity contribution in [2.75, 3.05) is 6.61 Å². The molecule has 1 fully saturated rings. The minimum atomic E-state index is 0.449. The van der Waals surface area contributed by atoms with Crippen molar-refractivity contribution in [3.63, 3.8) is 0 Å². The molecule has 0 aromatic carbocycles. The van der Waals surface area contributed by atoms with Crippen LogP contribution < -0.4 is 0 Å². The Morgan fingerprint density at radius 1 is 1.83 bits per heavy atom. The third kappa shape index (κ3) is 0.590. The molecule has 6 heavy (non-hydrogen) atoms. The predicted molar refractivity (Wildman–Crippen MR) is 28.1 cm³/mol. The van der Waals surface area contributed by atoms with Crippen LogP contribution in [0, 0.1) is 0 Å². The molecule has 0 aromatic rings. The Kier molecular flexibility index (Phi) is 1.15. The van der Waals surface area contributed by atoms with E-state index < -0.39 is 0 Å². The Balaban J connectivity index is 2.20. The summed E-state index contributed by atoms with van der Waals surface area (Å²) < 4.78 is 5.00. The van der Waals surface area contributed by atoms with E-state index in [0.717, 1.165) is 6.61 Å². The van der Waals surface area contributed by atoms with E-state index in [2.05, 4.69) is 22.9 Å². The van der Waals surface area contributed by atoms with E-state index in [9.17, 15) is 0 Å². The SMILES string of the molecule is CC1OCC1Br. The van der Waals surface area contributed by atoms with Gasteiger partial charge in [0.15, 0.2) is 0 Å². The fraction of sp³-hybridized carbons (Fsp3) is 1.00. The zero-order valence-electron chi connectivity index (χ0n) is 3.65. The third-order valence-electron chi connectivity index (χ3n) is 1.03. The summed E-state index contributed by atoms with van der Waals surface area (Å²) in [5, 5.41) is 0. The molecule has 2 heteroatoms. The molecule has 1 nitrogen and oxygen atoms in total. The summed E-state index contributed by atoms with van der Waals surface area (Å²) in [6.45, 7) is 2.95. The quantitative estimate of drug-likeness (QED) is 0.472. The van der Waals surface area contributed by atoms with Crippen LogP contribution in [0.1, 0.15) is 6.92 Å². The Morgan fingerprint density at radius 3 is 2.33 bits per heavy atom. The molecular weight excluding hydrogens is 144 g/mol. The third-order valence-corrected chi connectivity index (χ3v) is 2.04. The van der Waals surface area contributed by atoms with Gasteiger partial charge in [0, 0.05) is 0 Å². The second-order valence-corrected chi connectivity index (χ2v) is 2.73. The van der Waals surface area contributed by atoms with E-state index in [1.165, 1.54) is 0 Å². The summed E-state index contributed by atoms with van der Waals surface area (Å²) >= 11 is 3.40. The number of ether oxygens (including phenoxy) is 1. The van der Waals surface area contributed by atoms with Crippen molar-refractivity contribution >= 4 is 15.9 Å². The molecule has 1 rings (SSSR count). The van der Waals surface area contributed by atoms with E-state index in [4.69, 9.17) is 4.74 Å². The van der Waals surface area contributed by atoms with Gasteiger partial charge in [0.05, 0.1) is 17.5 Å². The molecule has 0 spiro atoms. The van der Waals surface area contributed by atoms with Gasteiger partial charge in [-0.2, -0.15) is 0 Å². The summed E-state index contributed by atoms with van der Waals surface area (Å²) in [5.74, 6) is 0. The number of hydrogen-bond acceptors (Lipinski definition) is 1. The molecule has 1 aliphatic heterocycles. The maximum Gasteiger partial charge on any atom is 0.0694 e. The van der Waals surface area contributed by atoms with Crippen LogP contribution in [0.15, 0.2) is 0 Å². The molecule has 0 N–H and O–H groups in total. The summed E-state index contributed by atoms with van der Waals surface area (Å²) in [4.78, 5) is 0.623. The van der Waals surface area contributed by atoms with Crippen molar-refractivity contribution in [2.24, 2.45) is 0 Å². The summed E-state index contributed by atoms with van der Waals surface area (Å²) in [6, 6.07) is 0. The van der Waals surface area contributed by atoms with Crippen molar-refractivity contribution < 1.29 is 4.74 Å². The maximum absolute atomic E-state index is 5.00. The summed E-state index contributed by atoms with van der Waals surface area (Å²) in [7, 11) is 0. The topological polar surface area (TPSA) is 9.23 Å². The molecule has 0 bridgehead atoms. The van der Waals surface area contributed by atoms with Crippen molar-refractivity contribution in [3.8, 4) is 0 Å². The predicted octanol–water partition coefficient (Wildman–Crippen LogP) is 1.17. The first-order chi connectivity index (χ1) is 2.80. The summed E-state index contributed by atoms with van der Waals surface area (Å²) in [6.07, 6.45) is 0.449. The first-order valence-electron chi connectivity index (χ1n) is 2.06. The molecule has 0 aliphatic carbocycles. The Morgan fingerprint density at radius 2 is 2.33 bits per heavy atom. The molecule has 2 unspecified atom stereocenters. The van der Waals surface area contributed by atoms with Gasteiger partial charge in [-0.15, -0.1) is 0 Å². The molecule has 0 radical (unpaired) electrons. The van der Waals surface area contributed by atoms with Gasteiger partial charge in [-0.05, 0) is 6.92 Å². The maximum atomic E-state index is 5.00. The van der Waals surface area contributed by atoms with Gasteiger partial charge in [-0.3, -0.25) is 0 Å². The number of rotatable bonds is 0. The van der Waals surface area contributed by atoms with Crippen LogP contribution in [0.25, 0.3) is 0 Å². The van der Waals surface area contributed by atoms with Gasteiger partial charge in [0.2, 0.25) is 0 Å². The van der Waals surface area contributed by atoms with Gasteiger partial charge >= 0.3 is 0 Å². The molecule has 0 saturated carbocycles. The van der Waals surface area contributed by atoms with Crippen molar-refractivity contribution in [1.82, 2.24) is 0 Å². The molecule has 1 saturated heterocycles. The highest BCUT2D eigenvalue weighted by atomic mass is 79.9. The second-order valence-electron chi connectivity index (χ2n) is 1.55. The number of hydrogen-bond donors (Lipinski definition) is 0. The highest BCUT2D eigenvalue weighted by Gasteiger charge is 2.23. The van der Waals surface area contributed by atoms with Crippen molar-refractivity contribution in [2.45, 2.75) is 17.9 Å². The molecule has 0 amide bonds. The Hall–Kier alpha value is 0.440. The van der Waals surface area contributed by atoms with Gasteiger partial charge in [-0.25, -0.2) is 0 Å². The number of alkyl halides is 1. The molecule has 0 aromatic heterocycles. The van der Waals surface area contributed by atoms with E-state index in [1.54, 1.807) is 0 Å². The average molecular weight is 151 g/mol. The van der Waals surface area contributed by atoms with Gasteiger partial charge in [0.25, 0.3) is 0 Å². The highest BCUT2D eigenvalue weighted by molar-refractivity contribution is 9.09. The van der Waals surface area contributed by atoms with Crippen LogP contribution in [0.3, 0.4) is 0 Å². The first-order valence-corrected chi connectivity index (χ1v) is 2.98. The van der Waals surface area contributed by atoms with Crippen LogP contribution in [0.5, 0.6) is 0 Å². The lowest BCUT2D eigenvalue weighted by Gasteiger charge is -2.28. The molecule has 2 atom stereocenters. The van der Waals surface area contributed by atoms with Gasteiger partial charge in [-0.1, -0.05) is 15.9 Å². The average Bonchev–Trinajstić information content (AvgIpc) is 1.61. The van der Waals surface area contributed by atoms with Gasteiger partial charge in [0.1, 0.15) is 0 Å². The summed E-state index contributed by atoms with van der Waals surface area (Å²) in [5.41, 5.74) is 0. The monoisotopic (exact) mass is 150 g/mol. The number of halogens is 1. The zero-order valence-corrected chi connectivity index (χ0v) is 5.23.